The van der Waals surface area contributed by atoms with Gasteiger partial charge in [-0.15, -0.1) is 0 Å². The summed E-state index contributed by atoms with van der Waals surface area (Å²) >= 11 is 0. The predicted molar refractivity (Wildman–Crippen MR) is 189 cm³/mol. The zero-order chi connectivity index (χ0) is 32.7. The Balaban J connectivity index is 4.19. The minimum absolute atomic E-state index is 0.131. The average Bonchev–Trinajstić information content (AvgIpc) is 3.01. The van der Waals surface area contributed by atoms with Gasteiger partial charge in [0.05, 0.1) is 6.61 Å². The van der Waals surface area contributed by atoms with Gasteiger partial charge in [-0.2, -0.15) is 0 Å². The summed E-state index contributed by atoms with van der Waals surface area (Å²) in [7, 11) is 2.05. The summed E-state index contributed by atoms with van der Waals surface area (Å²) in [5.41, 5.74) is 0. The number of carbonyl (C=O) groups excluding carboxylic acids is 2. The van der Waals surface area contributed by atoms with Crippen LogP contribution in [0.3, 0.4) is 0 Å². The highest BCUT2D eigenvalue weighted by Gasteiger charge is 2.45. The standard InChI is InChI=1S/C37H72NO5P/c1-3-5-7-9-11-13-15-17-19-21-23-25-27-29-31-34(40)38(37(44,33-39)36(42)43)35(41)32-30-28-26-24-22-20-18-16-14-12-10-8-6-4-2/h39H,3-33,44H2,1-2H3,(H,42,43). The Morgan fingerprint density at radius 2 is 0.705 bits per heavy atom. The molecule has 0 rings (SSSR count). The number of unbranched alkanes of at least 4 members (excludes halogenated alkanes) is 26. The summed E-state index contributed by atoms with van der Waals surface area (Å²) in [4.78, 5) is 39.0. The van der Waals surface area contributed by atoms with Gasteiger partial charge in [-0.1, -0.05) is 190 Å². The molecule has 0 fully saturated rings. The van der Waals surface area contributed by atoms with Gasteiger partial charge >= 0.3 is 5.97 Å². The van der Waals surface area contributed by atoms with Gasteiger partial charge in [0.15, 0.2) is 5.28 Å². The quantitative estimate of drug-likeness (QED) is 0.0549. The van der Waals surface area contributed by atoms with E-state index in [1.807, 2.05) is 0 Å². The van der Waals surface area contributed by atoms with Crippen LogP contribution in [-0.4, -0.2) is 44.8 Å². The molecule has 0 spiro atoms. The summed E-state index contributed by atoms with van der Waals surface area (Å²) in [5.74, 6) is -2.37. The van der Waals surface area contributed by atoms with Crippen LogP contribution in [0.25, 0.3) is 0 Å². The maximum atomic E-state index is 13.1. The molecule has 2 amide bonds. The molecule has 0 saturated carbocycles. The Labute approximate surface area is 274 Å². The molecule has 0 bridgehead atoms. The van der Waals surface area contributed by atoms with Crippen molar-refractivity contribution in [1.82, 2.24) is 4.90 Å². The minimum atomic E-state index is -2.00. The molecule has 44 heavy (non-hydrogen) atoms. The lowest BCUT2D eigenvalue weighted by molar-refractivity contribution is -0.162. The second kappa shape index (κ2) is 30.6. The highest BCUT2D eigenvalue weighted by Crippen LogP contribution is 2.27. The van der Waals surface area contributed by atoms with E-state index in [0.717, 1.165) is 43.4 Å². The SMILES string of the molecule is CCCCCCCCCCCCCCCCC(=O)N(C(=O)CCCCCCCCCCCCCCCC)C(P)(CO)C(=O)O. The van der Waals surface area contributed by atoms with Gasteiger partial charge in [0.25, 0.3) is 0 Å². The van der Waals surface area contributed by atoms with E-state index in [1.54, 1.807) is 0 Å². The monoisotopic (exact) mass is 642 g/mol. The van der Waals surface area contributed by atoms with Gasteiger partial charge in [-0.3, -0.25) is 14.5 Å². The maximum Gasteiger partial charge on any atom is 0.336 e. The lowest BCUT2D eigenvalue weighted by Gasteiger charge is -2.35. The Kier molecular flexibility index (Phi) is 29.9. The molecule has 2 unspecified atom stereocenters. The van der Waals surface area contributed by atoms with E-state index in [9.17, 15) is 24.6 Å². The molecular weight excluding hydrogens is 569 g/mol. The van der Waals surface area contributed by atoms with Crippen molar-refractivity contribution in [2.24, 2.45) is 0 Å². The number of carbonyl (C=O) groups is 3. The first-order chi connectivity index (χ1) is 21.3. The van der Waals surface area contributed by atoms with Gasteiger partial charge in [0.1, 0.15) is 0 Å². The minimum Gasteiger partial charge on any atom is -0.479 e. The van der Waals surface area contributed by atoms with E-state index in [4.69, 9.17) is 0 Å². The zero-order valence-electron chi connectivity index (χ0n) is 29.1. The van der Waals surface area contributed by atoms with Gasteiger partial charge in [0.2, 0.25) is 11.8 Å². The predicted octanol–water partition coefficient (Wildman–Crippen LogP) is 10.7. The molecule has 2 N–H and O–H groups in total. The first kappa shape index (κ1) is 43.0. The molecule has 260 valence electrons. The number of hydrogen-bond acceptors (Lipinski definition) is 4. The van der Waals surface area contributed by atoms with Crippen LogP contribution in [0.4, 0.5) is 0 Å². The molecule has 0 aromatic carbocycles. The van der Waals surface area contributed by atoms with Crippen LogP contribution < -0.4 is 0 Å². The van der Waals surface area contributed by atoms with Crippen LogP contribution >= 0.6 is 9.24 Å². The average molecular weight is 642 g/mol. The van der Waals surface area contributed by atoms with Crippen molar-refractivity contribution in [2.75, 3.05) is 6.61 Å². The molecule has 0 aliphatic rings. The third-order valence-electron chi connectivity index (χ3n) is 9.00. The number of nitrogens with zero attached hydrogens (tertiary/aromatic N) is 1. The van der Waals surface area contributed by atoms with Gasteiger partial charge in [0, 0.05) is 12.8 Å². The Hall–Kier alpha value is -1.00. The molecule has 0 aromatic heterocycles. The Morgan fingerprint density at radius 3 is 0.909 bits per heavy atom. The van der Waals surface area contributed by atoms with E-state index >= 15 is 0 Å². The van der Waals surface area contributed by atoms with Crippen LogP contribution in [0.15, 0.2) is 0 Å². The maximum absolute atomic E-state index is 13.1. The van der Waals surface area contributed by atoms with Crippen LogP contribution in [0, 0.1) is 0 Å². The topological polar surface area (TPSA) is 94.9 Å². The van der Waals surface area contributed by atoms with Gasteiger partial charge in [-0.25, -0.2) is 4.79 Å². The van der Waals surface area contributed by atoms with Crippen molar-refractivity contribution in [3.8, 4) is 0 Å². The van der Waals surface area contributed by atoms with Crippen LogP contribution in [0.5, 0.6) is 0 Å². The van der Waals surface area contributed by atoms with Gasteiger partial charge in [-0.05, 0) is 12.8 Å². The molecule has 0 radical (unpaired) electrons. The lowest BCUT2D eigenvalue weighted by Crippen LogP contribution is -2.57. The summed E-state index contributed by atoms with van der Waals surface area (Å²) in [6, 6.07) is 0. The Morgan fingerprint density at radius 1 is 0.477 bits per heavy atom. The number of aliphatic hydroxyl groups excluding tert-OH is 1. The molecule has 7 heteroatoms. The summed E-state index contributed by atoms with van der Waals surface area (Å²) in [5, 5.41) is 17.6. The highest BCUT2D eigenvalue weighted by atomic mass is 31.0. The van der Waals surface area contributed by atoms with Crippen molar-refractivity contribution in [3.05, 3.63) is 0 Å². The normalized spacial score (nSPS) is 12.7. The van der Waals surface area contributed by atoms with E-state index in [-0.39, 0.29) is 12.8 Å². The molecule has 0 heterocycles. The van der Waals surface area contributed by atoms with Crippen LogP contribution in [0.1, 0.15) is 206 Å². The van der Waals surface area contributed by atoms with Crippen LogP contribution in [0.2, 0.25) is 0 Å². The second-order valence-corrected chi connectivity index (χ2v) is 14.2. The number of aliphatic hydroxyl groups is 1. The number of aliphatic carboxylic acids is 1. The smallest absolute Gasteiger partial charge is 0.336 e. The van der Waals surface area contributed by atoms with Crippen molar-refractivity contribution < 1.29 is 24.6 Å². The number of rotatable bonds is 33. The first-order valence-electron chi connectivity index (χ1n) is 18.8. The fraction of sp³-hybridized carbons (Fsp3) is 0.919. The van der Waals surface area contributed by atoms with Gasteiger partial charge < -0.3 is 10.2 Å². The fourth-order valence-electron chi connectivity index (χ4n) is 5.98. The van der Waals surface area contributed by atoms with Crippen molar-refractivity contribution in [2.45, 2.75) is 212 Å². The summed E-state index contributed by atoms with van der Waals surface area (Å²) < 4.78 is 0. The lowest BCUT2D eigenvalue weighted by atomic mass is 10.0. The molecule has 2 atom stereocenters. The molecule has 0 aliphatic heterocycles. The highest BCUT2D eigenvalue weighted by molar-refractivity contribution is 7.21. The third kappa shape index (κ3) is 22.5. The van der Waals surface area contributed by atoms with Crippen LogP contribution in [-0.2, 0) is 14.4 Å². The number of amides is 2. The van der Waals surface area contributed by atoms with Crippen molar-refractivity contribution in [3.63, 3.8) is 0 Å². The van der Waals surface area contributed by atoms with Crippen molar-refractivity contribution in [1.29, 1.82) is 0 Å². The zero-order valence-corrected chi connectivity index (χ0v) is 30.2. The van der Waals surface area contributed by atoms with E-state index in [1.165, 1.54) is 128 Å². The van der Waals surface area contributed by atoms with E-state index in [0.29, 0.717) is 12.8 Å². The number of carboxylic acid groups (broad SMARTS) is 1. The first-order valence-corrected chi connectivity index (χ1v) is 19.4. The fourth-order valence-corrected chi connectivity index (χ4v) is 6.27. The van der Waals surface area contributed by atoms with E-state index < -0.39 is 29.7 Å². The molecule has 0 aromatic rings. The third-order valence-corrected chi connectivity index (χ3v) is 9.69. The summed E-state index contributed by atoms with van der Waals surface area (Å²) in [6.07, 6.45) is 34.1. The molecule has 6 nitrogen and oxygen atoms in total. The second-order valence-electron chi connectivity index (χ2n) is 13.2. The largest absolute Gasteiger partial charge is 0.479 e. The Bertz CT molecular complexity index is 659. The van der Waals surface area contributed by atoms with Crippen molar-refractivity contribution >= 4 is 27.0 Å². The molecular formula is C37H72NO5P. The van der Waals surface area contributed by atoms with E-state index in [2.05, 4.69) is 23.1 Å². The number of carboxylic acids is 1. The number of hydrogen-bond donors (Lipinski definition) is 2. The molecule has 0 saturated heterocycles. The molecule has 0 aliphatic carbocycles. The summed E-state index contributed by atoms with van der Waals surface area (Å²) in [6.45, 7) is 3.69. The number of imide groups is 1.